The van der Waals surface area contributed by atoms with Crippen LogP contribution in [0, 0.1) is 29.8 Å². The minimum Gasteiger partial charge on any atom is -0.378 e. The van der Waals surface area contributed by atoms with E-state index in [4.69, 9.17) is 0 Å². The van der Waals surface area contributed by atoms with Crippen LogP contribution in [-0.2, 0) is 0 Å². The van der Waals surface area contributed by atoms with Crippen molar-refractivity contribution in [2.24, 2.45) is 0 Å². The molecule has 0 aromatic heterocycles. The number of hydrogen-bond donors (Lipinski definition) is 1. The van der Waals surface area contributed by atoms with E-state index in [1.807, 2.05) is 19.9 Å². The highest BCUT2D eigenvalue weighted by molar-refractivity contribution is 5.60. The molecule has 0 saturated heterocycles. The van der Waals surface area contributed by atoms with Crippen LogP contribution in [0.25, 0.3) is 0 Å². The number of benzene rings is 2. The van der Waals surface area contributed by atoms with Gasteiger partial charge in [-0.05, 0) is 50.1 Å². The lowest BCUT2D eigenvalue weighted by Crippen LogP contribution is -2.08. The van der Waals surface area contributed by atoms with E-state index < -0.39 is 0 Å². The number of hydrogen-bond acceptors (Lipinski definition) is 3. The van der Waals surface area contributed by atoms with Crippen LogP contribution in [0.3, 0.4) is 0 Å². The summed E-state index contributed by atoms with van der Waals surface area (Å²) in [6, 6.07) is 9.59. The number of anilines is 1. The van der Waals surface area contributed by atoms with Gasteiger partial charge in [0.2, 0.25) is 0 Å². The molecule has 0 aliphatic heterocycles. The third-order valence-corrected chi connectivity index (χ3v) is 3.46. The van der Waals surface area contributed by atoms with Gasteiger partial charge in [-0.15, -0.1) is 0 Å². The second-order valence-corrected chi connectivity index (χ2v) is 5.13. The summed E-state index contributed by atoms with van der Waals surface area (Å²) < 4.78 is 13.2. The Morgan fingerprint density at radius 1 is 1.19 bits per heavy atom. The highest BCUT2D eigenvalue weighted by Crippen LogP contribution is 2.28. The Balaban J connectivity index is 2.27. The first-order valence-corrected chi connectivity index (χ1v) is 6.66. The summed E-state index contributed by atoms with van der Waals surface area (Å²) in [5.41, 5.74) is 3.13. The lowest BCUT2D eigenvalue weighted by atomic mass is 10.0. The first kappa shape index (κ1) is 15.0. The van der Waals surface area contributed by atoms with Crippen molar-refractivity contribution >= 4 is 11.4 Å². The lowest BCUT2D eigenvalue weighted by Gasteiger charge is -2.18. The van der Waals surface area contributed by atoms with Gasteiger partial charge in [-0.2, -0.15) is 0 Å². The maximum absolute atomic E-state index is 13.2. The number of aryl methyl sites for hydroxylation is 2. The first-order chi connectivity index (χ1) is 9.88. The van der Waals surface area contributed by atoms with Crippen LogP contribution in [0.5, 0.6) is 0 Å². The largest absolute Gasteiger partial charge is 0.378 e. The molecule has 0 heterocycles. The smallest absolute Gasteiger partial charge is 0.272 e. The molecule has 5 heteroatoms. The predicted octanol–water partition coefficient (Wildman–Crippen LogP) is 4.52. The summed E-state index contributed by atoms with van der Waals surface area (Å²) in [5, 5.41) is 14.2. The number of nitrogens with zero attached hydrogens (tertiary/aromatic N) is 1. The van der Waals surface area contributed by atoms with E-state index >= 15 is 0 Å². The molecule has 0 spiro atoms. The molecule has 21 heavy (non-hydrogen) atoms. The van der Waals surface area contributed by atoms with Crippen molar-refractivity contribution in [1.29, 1.82) is 0 Å². The zero-order chi connectivity index (χ0) is 15.6. The monoisotopic (exact) mass is 288 g/mol. The van der Waals surface area contributed by atoms with Crippen molar-refractivity contribution in [3.63, 3.8) is 0 Å². The average Bonchev–Trinajstić information content (AvgIpc) is 2.42. The van der Waals surface area contributed by atoms with Gasteiger partial charge in [0.1, 0.15) is 5.82 Å². The topological polar surface area (TPSA) is 55.2 Å². The minimum atomic E-state index is -0.387. The Bertz CT molecular complexity index is 686. The van der Waals surface area contributed by atoms with Gasteiger partial charge in [-0.25, -0.2) is 4.39 Å². The van der Waals surface area contributed by atoms with Crippen LogP contribution < -0.4 is 5.32 Å². The molecule has 110 valence electrons. The fraction of sp³-hybridized carbons (Fsp3) is 0.250. The molecule has 2 aromatic rings. The van der Waals surface area contributed by atoms with Crippen LogP contribution >= 0.6 is 0 Å². The summed E-state index contributed by atoms with van der Waals surface area (Å²) in [6.45, 7) is 5.44. The zero-order valence-electron chi connectivity index (χ0n) is 12.2. The van der Waals surface area contributed by atoms with Gasteiger partial charge < -0.3 is 5.32 Å². The summed E-state index contributed by atoms with van der Waals surface area (Å²) in [7, 11) is 0. The van der Waals surface area contributed by atoms with Crippen molar-refractivity contribution in [3.8, 4) is 0 Å². The molecule has 4 nitrogen and oxygen atoms in total. The van der Waals surface area contributed by atoms with Gasteiger partial charge >= 0.3 is 0 Å². The van der Waals surface area contributed by atoms with E-state index in [0.717, 1.165) is 16.8 Å². The van der Waals surface area contributed by atoms with Crippen LogP contribution in [0.1, 0.15) is 29.7 Å². The molecular weight excluding hydrogens is 271 g/mol. The van der Waals surface area contributed by atoms with E-state index in [1.165, 1.54) is 12.1 Å². The third-order valence-electron chi connectivity index (χ3n) is 3.46. The zero-order valence-corrected chi connectivity index (χ0v) is 12.2. The van der Waals surface area contributed by atoms with Crippen molar-refractivity contribution in [2.75, 3.05) is 5.32 Å². The highest BCUT2D eigenvalue weighted by atomic mass is 19.1. The average molecular weight is 288 g/mol. The molecule has 0 saturated carbocycles. The maximum atomic E-state index is 13.2. The minimum absolute atomic E-state index is 0.0970. The molecule has 0 fully saturated rings. The Morgan fingerprint density at radius 2 is 1.90 bits per heavy atom. The van der Waals surface area contributed by atoms with Crippen molar-refractivity contribution < 1.29 is 9.31 Å². The Labute approximate surface area is 122 Å². The fourth-order valence-corrected chi connectivity index (χ4v) is 2.25. The van der Waals surface area contributed by atoms with E-state index in [2.05, 4.69) is 5.32 Å². The van der Waals surface area contributed by atoms with E-state index in [0.29, 0.717) is 5.56 Å². The van der Waals surface area contributed by atoms with Gasteiger partial charge in [-0.1, -0.05) is 12.1 Å². The molecule has 1 atom stereocenters. The number of nitro groups is 1. The van der Waals surface area contributed by atoms with Crippen molar-refractivity contribution in [3.05, 3.63) is 69.0 Å². The second kappa shape index (κ2) is 5.91. The normalized spacial score (nSPS) is 12.0. The van der Waals surface area contributed by atoms with Crippen LogP contribution in [0.2, 0.25) is 0 Å². The van der Waals surface area contributed by atoms with Crippen LogP contribution in [-0.4, -0.2) is 4.92 Å². The fourth-order valence-electron chi connectivity index (χ4n) is 2.25. The first-order valence-electron chi connectivity index (χ1n) is 6.66. The second-order valence-electron chi connectivity index (χ2n) is 5.13. The molecule has 2 rings (SSSR count). The van der Waals surface area contributed by atoms with E-state index in [9.17, 15) is 14.5 Å². The summed E-state index contributed by atoms with van der Waals surface area (Å²) in [5.74, 6) is -0.280. The maximum Gasteiger partial charge on any atom is 0.272 e. The van der Waals surface area contributed by atoms with Gasteiger partial charge in [0.25, 0.3) is 5.69 Å². The Morgan fingerprint density at radius 3 is 2.52 bits per heavy atom. The summed E-state index contributed by atoms with van der Waals surface area (Å²) >= 11 is 0. The van der Waals surface area contributed by atoms with Crippen LogP contribution in [0.15, 0.2) is 36.4 Å². The number of nitrogens with one attached hydrogen (secondary N) is 1. The lowest BCUT2D eigenvalue weighted by molar-refractivity contribution is -0.385. The number of halogens is 1. The van der Waals surface area contributed by atoms with Crippen molar-refractivity contribution in [1.82, 2.24) is 0 Å². The quantitative estimate of drug-likeness (QED) is 0.664. The molecule has 2 aromatic carbocycles. The molecule has 0 aliphatic carbocycles. The molecule has 1 unspecified atom stereocenters. The van der Waals surface area contributed by atoms with Gasteiger partial charge in [-0.3, -0.25) is 10.1 Å². The molecule has 1 N–H and O–H groups in total. The Hall–Kier alpha value is -2.43. The van der Waals surface area contributed by atoms with Crippen LogP contribution in [0.4, 0.5) is 15.8 Å². The number of rotatable bonds is 4. The SMILES string of the molecule is Cc1cc([N+](=O)[O-])c(C)cc1NC(C)c1cccc(F)c1. The van der Waals surface area contributed by atoms with Gasteiger partial charge in [0.15, 0.2) is 0 Å². The molecular formula is C16H17FN2O2. The molecule has 0 aliphatic rings. The van der Waals surface area contributed by atoms with E-state index in [1.54, 1.807) is 25.1 Å². The molecule has 0 amide bonds. The summed E-state index contributed by atoms with van der Waals surface area (Å²) in [6.07, 6.45) is 0. The third kappa shape index (κ3) is 3.37. The molecule has 0 radical (unpaired) electrons. The molecule has 0 bridgehead atoms. The van der Waals surface area contributed by atoms with Gasteiger partial charge in [0, 0.05) is 23.4 Å². The van der Waals surface area contributed by atoms with E-state index in [-0.39, 0.29) is 22.5 Å². The van der Waals surface area contributed by atoms with Crippen molar-refractivity contribution in [2.45, 2.75) is 26.8 Å². The summed E-state index contributed by atoms with van der Waals surface area (Å²) in [4.78, 5) is 10.5. The number of nitro benzene ring substituents is 1. The Kier molecular flexibility index (Phi) is 4.21. The van der Waals surface area contributed by atoms with Gasteiger partial charge in [0.05, 0.1) is 4.92 Å². The predicted molar refractivity (Wildman–Crippen MR) is 81.0 cm³/mol. The highest BCUT2D eigenvalue weighted by Gasteiger charge is 2.15. The standard InChI is InChI=1S/C16H17FN2O2/c1-10-8-16(19(20)21)11(2)7-15(10)18-12(3)13-5-4-6-14(17)9-13/h4-9,12,18H,1-3H3.